The maximum atomic E-state index is 11.5. The molecule has 0 spiro atoms. The van der Waals surface area contributed by atoms with Crippen molar-refractivity contribution in [3.8, 4) is 0 Å². The van der Waals surface area contributed by atoms with Crippen LogP contribution in [-0.2, 0) is 10.0 Å². The van der Waals surface area contributed by atoms with Crippen LogP contribution in [0, 0.1) is 10.1 Å². The van der Waals surface area contributed by atoms with Crippen molar-refractivity contribution in [2.24, 2.45) is 5.14 Å². The molecule has 2 aromatic rings. The first-order valence-corrected chi connectivity index (χ1v) is 10.2. The number of nitrogens with one attached hydrogen (secondary N) is 1. The zero-order valence-electron chi connectivity index (χ0n) is 15.3. The average molecular weight is 392 g/mol. The van der Waals surface area contributed by atoms with E-state index in [1.807, 2.05) is 30.3 Å². The van der Waals surface area contributed by atoms with Gasteiger partial charge in [-0.05, 0) is 30.8 Å². The minimum absolute atomic E-state index is 0.0127. The van der Waals surface area contributed by atoms with Crippen molar-refractivity contribution in [2.75, 3.05) is 25.0 Å². The Balaban J connectivity index is 2.32. The molecule has 0 aliphatic heterocycles. The first-order valence-electron chi connectivity index (χ1n) is 8.62. The number of likely N-dealkylation sites (N-methyl/N-ethyl adjacent to an activating group) is 1. The highest BCUT2D eigenvalue weighted by molar-refractivity contribution is 7.89. The van der Waals surface area contributed by atoms with E-state index in [0.717, 1.165) is 24.7 Å². The third-order valence-corrected chi connectivity index (χ3v) is 5.33. The lowest BCUT2D eigenvalue weighted by molar-refractivity contribution is -0.384. The quantitative estimate of drug-likeness (QED) is 0.500. The van der Waals surface area contributed by atoms with Gasteiger partial charge in [0.2, 0.25) is 10.0 Å². The van der Waals surface area contributed by atoms with Crippen LogP contribution in [0.1, 0.15) is 25.5 Å². The Morgan fingerprint density at radius 1 is 1.15 bits per heavy atom. The lowest BCUT2D eigenvalue weighted by Crippen LogP contribution is -2.33. The summed E-state index contributed by atoms with van der Waals surface area (Å²) < 4.78 is 22.9. The SMILES string of the molecule is CCN(CC)[C@@H](CNc1ccc(S(N)(=O)=O)cc1[N+](=O)[O-])c1ccccc1. The third kappa shape index (κ3) is 5.25. The molecule has 146 valence electrons. The molecule has 0 radical (unpaired) electrons. The fourth-order valence-electron chi connectivity index (χ4n) is 2.99. The molecule has 2 aromatic carbocycles. The largest absolute Gasteiger partial charge is 0.378 e. The van der Waals surface area contributed by atoms with Crippen LogP contribution in [-0.4, -0.2) is 37.9 Å². The van der Waals surface area contributed by atoms with Gasteiger partial charge in [-0.25, -0.2) is 13.6 Å². The second-order valence-corrected chi connectivity index (χ2v) is 7.57. The molecule has 0 bridgehead atoms. The van der Waals surface area contributed by atoms with Crippen molar-refractivity contribution in [3.63, 3.8) is 0 Å². The first kappa shape index (κ1) is 20.8. The van der Waals surface area contributed by atoms with E-state index in [9.17, 15) is 18.5 Å². The number of hydrogen-bond acceptors (Lipinski definition) is 6. The molecule has 0 saturated carbocycles. The van der Waals surface area contributed by atoms with Crippen LogP contribution in [0.5, 0.6) is 0 Å². The molecule has 0 unspecified atom stereocenters. The molecule has 0 heterocycles. The summed E-state index contributed by atoms with van der Waals surface area (Å²) in [4.78, 5) is 12.7. The number of anilines is 1. The van der Waals surface area contributed by atoms with Crippen molar-refractivity contribution in [2.45, 2.75) is 24.8 Å². The Morgan fingerprint density at radius 2 is 1.78 bits per heavy atom. The highest BCUT2D eigenvalue weighted by Gasteiger charge is 2.22. The van der Waals surface area contributed by atoms with E-state index < -0.39 is 14.9 Å². The molecule has 3 N–H and O–H groups in total. The zero-order valence-corrected chi connectivity index (χ0v) is 16.1. The summed E-state index contributed by atoms with van der Waals surface area (Å²) >= 11 is 0. The Kier molecular flexibility index (Phi) is 6.89. The highest BCUT2D eigenvalue weighted by Crippen LogP contribution is 2.29. The van der Waals surface area contributed by atoms with Crippen LogP contribution in [0.25, 0.3) is 0 Å². The van der Waals surface area contributed by atoms with Gasteiger partial charge < -0.3 is 5.32 Å². The molecule has 0 amide bonds. The van der Waals surface area contributed by atoms with Gasteiger partial charge in [0.05, 0.1) is 15.9 Å². The highest BCUT2D eigenvalue weighted by atomic mass is 32.2. The molecule has 0 aliphatic rings. The Labute approximate surface area is 159 Å². The summed E-state index contributed by atoms with van der Waals surface area (Å²) in [5.74, 6) is 0. The van der Waals surface area contributed by atoms with Gasteiger partial charge in [0.25, 0.3) is 5.69 Å². The van der Waals surface area contributed by atoms with Gasteiger partial charge in [-0.15, -0.1) is 0 Å². The number of benzene rings is 2. The van der Waals surface area contributed by atoms with Gasteiger partial charge in [0.1, 0.15) is 5.69 Å². The monoisotopic (exact) mass is 392 g/mol. The van der Waals surface area contributed by atoms with Crippen molar-refractivity contribution in [1.29, 1.82) is 0 Å². The van der Waals surface area contributed by atoms with Gasteiger partial charge in [-0.2, -0.15) is 0 Å². The van der Waals surface area contributed by atoms with E-state index in [1.54, 1.807) is 0 Å². The molecule has 1 atom stereocenters. The van der Waals surface area contributed by atoms with Gasteiger partial charge in [0, 0.05) is 12.6 Å². The summed E-state index contributed by atoms with van der Waals surface area (Å²) in [6, 6.07) is 13.5. The van der Waals surface area contributed by atoms with E-state index in [0.29, 0.717) is 6.54 Å². The van der Waals surface area contributed by atoms with Crippen molar-refractivity contribution >= 4 is 21.4 Å². The van der Waals surface area contributed by atoms with Crippen LogP contribution in [0.15, 0.2) is 53.4 Å². The second-order valence-electron chi connectivity index (χ2n) is 6.01. The van der Waals surface area contributed by atoms with Crippen LogP contribution in [0.3, 0.4) is 0 Å². The van der Waals surface area contributed by atoms with E-state index in [1.165, 1.54) is 12.1 Å². The fraction of sp³-hybridized carbons (Fsp3) is 0.333. The van der Waals surface area contributed by atoms with Gasteiger partial charge in [-0.1, -0.05) is 44.2 Å². The number of hydrogen-bond donors (Lipinski definition) is 2. The van der Waals surface area contributed by atoms with Gasteiger partial charge >= 0.3 is 0 Å². The molecule has 8 nitrogen and oxygen atoms in total. The van der Waals surface area contributed by atoms with E-state index in [4.69, 9.17) is 5.14 Å². The summed E-state index contributed by atoms with van der Waals surface area (Å²) in [5.41, 5.74) is 1.02. The molecule has 0 fully saturated rings. The minimum atomic E-state index is -4.01. The third-order valence-electron chi connectivity index (χ3n) is 4.42. The number of nitrogens with two attached hydrogens (primary N) is 1. The summed E-state index contributed by atoms with van der Waals surface area (Å²) in [7, 11) is -4.01. The topological polar surface area (TPSA) is 119 Å². The molecule has 0 saturated heterocycles. The van der Waals surface area contributed by atoms with E-state index >= 15 is 0 Å². The Hall–Kier alpha value is -2.49. The maximum Gasteiger partial charge on any atom is 0.293 e. The normalized spacial score (nSPS) is 12.7. The molecule has 9 heteroatoms. The lowest BCUT2D eigenvalue weighted by Gasteiger charge is -2.30. The molecule has 0 aliphatic carbocycles. The standard InChI is InChI=1S/C18H24N4O4S/c1-3-21(4-2)18(14-8-6-5-7-9-14)13-20-16-11-10-15(27(19,25)26)12-17(16)22(23)24/h5-12,18,20H,3-4,13H2,1-2H3,(H2,19,25,26)/t18-/m0/s1. The fourth-order valence-corrected chi connectivity index (χ4v) is 3.53. The predicted molar refractivity (Wildman–Crippen MR) is 105 cm³/mol. The smallest absolute Gasteiger partial charge is 0.293 e. The Morgan fingerprint density at radius 3 is 2.30 bits per heavy atom. The van der Waals surface area contributed by atoms with Crippen molar-refractivity contribution in [1.82, 2.24) is 4.90 Å². The number of nitro groups is 1. The summed E-state index contributed by atoms with van der Waals surface area (Å²) in [5, 5.41) is 19.6. The van der Waals surface area contributed by atoms with Gasteiger partial charge in [0.15, 0.2) is 0 Å². The van der Waals surface area contributed by atoms with Crippen molar-refractivity contribution in [3.05, 3.63) is 64.2 Å². The number of nitro benzene ring substituents is 1. The van der Waals surface area contributed by atoms with Crippen LogP contribution >= 0.6 is 0 Å². The molecular formula is C18H24N4O4S. The summed E-state index contributed by atoms with van der Waals surface area (Å²) in [6.07, 6.45) is 0. The van der Waals surface area contributed by atoms with Crippen LogP contribution < -0.4 is 10.5 Å². The van der Waals surface area contributed by atoms with E-state index in [-0.39, 0.29) is 22.3 Å². The van der Waals surface area contributed by atoms with Gasteiger partial charge in [-0.3, -0.25) is 15.0 Å². The lowest BCUT2D eigenvalue weighted by atomic mass is 10.0. The molecule has 0 aromatic heterocycles. The number of primary sulfonamides is 1. The number of rotatable bonds is 9. The van der Waals surface area contributed by atoms with Crippen LogP contribution in [0.2, 0.25) is 0 Å². The molecule has 2 rings (SSSR count). The predicted octanol–water partition coefficient (Wildman–Crippen LogP) is 2.74. The zero-order chi connectivity index (χ0) is 20.0. The minimum Gasteiger partial charge on any atom is -0.378 e. The number of nitrogens with zero attached hydrogens (tertiary/aromatic N) is 2. The van der Waals surface area contributed by atoms with Crippen molar-refractivity contribution < 1.29 is 13.3 Å². The second kappa shape index (κ2) is 8.94. The number of sulfonamides is 1. The summed E-state index contributed by atoms with van der Waals surface area (Å²) in [6.45, 7) is 6.20. The Bertz CT molecular complexity index is 883. The maximum absolute atomic E-state index is 11.5. The molecular weight excluding hydrogens is 368 g/mol. The molecule has 27 heavy (non-hydrogen) atoms. The first-order chi connectivity index (χ1) is 12.8. The average Bonchev–Trinajstić information content (AvgIpc) is 2.64. The van der Waals surface area contributed by atoms with E-state index in [2.05, 4.69) is 24.1 Å². The van der Waals surface area contributed by atoms with Crippen LogP contribution in [0.4, 0.5) is 11.4 Å².